The molecule has 13 heteroatoms. The van der Waals surface area contributed by atoms with Crippen molar-refractivity contribution >= 4 is 35.8 Å². The maximum absolute atomic E-state index is 12.7. The second-order valence-electron chi connectivity index (χ2n) is 51.7. The van der Waals surface area contributed by atoms with Gasteiger partial charge in [-0.05, 0) is 413 Å². The van der Waals surface area contributed by atoms with Gasteiger partial charge >= 0.3 is 29.8 Å². The molecule has 0 aromatic rings. The molecule has 0 aromatic heterocycles. The number of hydrogen-bond donors (Lipinski definition) is 2. The first kappa shape index (κ1) is 134. The van der Waals surface area contributed by atoms with E-state index in [1.54, 1.807) is 0 Å². The molecule has 13 atom stereocenters. The number of rotatable bonds is 24. The number of esters is 5. The van der Waals surface area contributed by atoms with Gasteiger partial charge in [0.25, 0.3) is 0 Å². The molecule has 1 amide bonds. The molecule has 802 valence electrons. The molecule has 1 spiro atoms. The van der Waals surface area contributed by atoms with E-state index in [1.165, 1.54) is 193 Å². The number of nitrogens with one attached hydrogen (secondary N) is 1. The first-order valence-corrected chi connectivity index (χ1v) is 52.3. The molecular weight excluding hydrogens is 1670 g/mol. The Bertz CT molecular complexity index is 3530. The van der Waals surface area contributed by atoms with E-state index < -0.39 is 11.0 Å². The Hall–Kier alpha value is -3.22. The molecule has 19 fully saturated rings. The van der Waals surface area contributed by atoms with Crippen molar-refractivity contribution < 1.29 is 57.6 Å². The summed E-state index contributed by atoms with van der Waals surface area (Å²) in [5.74, 6) is 10.9. The number of amides is 1. The largest absolute Gasteiger partial charge is 0.462 e. The zero-order valence-electron chi connectivity index (χ0n) is 84.5. The lowest BCUT2D eigenvalue weighted by Crippen LogP contribution is -2.61. The molecule has 12 unspecified atom stereocenters. The Morgan fingerprint density at radius 3 is 1.33 bits per heavy atom. The summed E-state index contributed by atoms with van der Waals surface area (Å²) in [7, 11) is 0. The minimum Gasteiger partial charge on any atom is -0.462 e. The van der Waals surface area contributed by atoms with Crippen molar-refractivity contribution in [2.75, 3.05) is 6.61 Å². The van der Waals surface area contributed by atoms with Crippen molar-refractivity contribution in [1.29, 1.82) is 0 Å². The molecule has 13 nitrogen and oxygen atoms in total. The molecule has 0 saturated heterocycles. The third kappa shape index (κ3) is 27.3. The molecule has 19 saturated carbocycles. The van der Waals surface area contributed by atoms with Crippen molar-refractivity contribution in [2.24, 2.45) is 148 Å². The van der Waals surface area contributed by atoms with Gasteiger partial charge in [0.1, 0.15) is 35.6 Å². The van der Waals surface area contributed by atoms with Crippen molar-refractivity contribution in [3.63, 3.8) is 0 Å². The molecule has 0 aromatic carbocycles. The van der Waals surface area contributed by atoms with Gasteiger partial charge in [0.15, 0.2) is 0 Å². The lowest BCUT2D eigenvalue weighted by molar-refractivity contribution is -0.188. The van der Waals surface area contributed by atoms with Crippen LogP contribution in [0.5, 0.6) is 0 Å². The average molecular weight is 1910 g/mol. The number of carbonyl (C=O) groups is 6. The summed E-state index contributed by atoms with van der Waals surface area (Å²) in [6, 6.07) is 0. The van der Waals surface area contributed by atoms with E-state index in [0.29, 0.717) is 34.0 Å². The predicted octanol–water partition coefficient (Wildman–Crippen LogP) is 35.5. The van der Waals surface area contributed by atoms with Crippen LogP contribution in [-0.4, -0.2) is 82.0 Å². The molecule has 19 aliphatic carbocycles. The molecule has 0 radical (unpaired) electrons. The van der Waals surface area contributed by atoms with Gasteiger partial charge in [0, 0.05) is 27.7 Å². The molecule has 135 heavy (non-hydrogen) atoms. The standard InChI is InChI=1S/C22H38O3.C21H36O2.C19H34O2.C17H28O2.C16H27NO.C15H26O2.12CH4/c1-7-18(2,3)17(23)25-15-22(24)16-10-8-13-21(16)14-20(22,6)12-9-11-19(21,4)5;1-8-19(3,4)18(22)23-21(7)12-11-15-17(20(15,5)6)16-13(2)9-10-14(16)21;1-5-7-8-9-18-10-13-19(14-11-18,15-12-18)21-16(20)17(3,4)6-2;1-5-16(3,4)15(18)19-11(2)17-9-12-6-13(10-17)8-14(17)7-12;1-4-15(2,3)14(18)17-16-8-11-5-12(9-16)7-13(6-11)10-16;1-4-15(2,3)14(16)17-13-11-7-5-8-12(13)10-6-9-11;;;;;;;;;;;;/h16,24H,7-15H2,1-6H3;13-17H,8-12H2,1-7H3;5-15H2,1-4H3;11-14H,5-10H2,1-4H3;11-13H,4-10H2,1-3H3,(H,17,18);11-13H,4-10H2,1-3H3;12*1H4/t16?,20-,21?,22?;;;;;;;;;;;;;;;;;/m0................./s1. The van der Waals surface area contributed by atoms with Gasteiger partial charge in [-0.3, -0.25) is 28.8 Å². The lowest BCUT2D eigenvalue weighted by atomic mass is 9.53. The summed E-state index contributed by atoms with van der Waals surface area (Å²) in [4.78, 5) is 74.7. The number of fused-ring (bicyclic) bond motifs is 9. The number of carbonyl (C=O) groups excluding carboxylic acids is 6. The monoisotopic (exact) mass is 1910 g/mol. The fraction of sp³-hybridized carbons (Fsp3) is 0.951. The highest BCUT2D eigenvalue weighted by atomic mass is 16.6. The van der Waals surface area contributed by atoms with Crippen molar-refractivity contribution in [2.45, 2.75) is 593 Å². The fourth-order valence-electron chi connectivity index (χ4n) is 29.6. The molecule has 14 bridgehead atoms. The van der Waals surface area contributed by atoms with Gasteiger partial charge in [-0.1, -0.05) is 244 Å². The maximum Gasteiger partial charge on any atom is 0.312 e. The third-order valence-corrected chi connectivity index (χ3v) is 40.8. The van der Waals surface area contributed by atoms with E-state index in [1.807, 2.05) is 76.2 Å². The van der Waals surface area contributed by atoms with Gasteiger partial charge in [-0.2, -0.15) is 0 Å². The molecule has 19 aliphatic rings. The molecule has 19 rings (SSSR count). The average Bonchev–Trinajstić information content (AvgIpc) is 1.51. The summed E-state index contributed by atoms with van der Waals surface area (Å²) >= 11 is 0. The Labute approximate surface area is 841 Å². The zero-order valence-corrected chi connectivity index (χ0v) is 84.5. The summed E-state index contributed by atoms with van der Waals surface area (Å²) in [6.07, 6.45) is 53.5. The predicted molar refractivity (Wildman–Crippen MR) is 579 cm³/mol. The van der Waals surface area contributed by atoms with E-state index in [0.717, 1.165) is 149 Å². The van der Waals surface area contributed by atoms with Crippen LogP contribution >= 0.6 is 0 Å². The maximum atomic E-state index is 12.7. The Balaban J connectivity index is 0. The molecule has 0 aliphatic heterocycles. The normalized spacial score (nSPS) is 36.2. The summed E-state index contributed by atoms with van der Waals surface area (Å²) in [5.41, 5.74) is -1.32. The van der Waals surface area contributed by atoms with Gasteiger partial charge in [0.2, 0.25) is 5.91 Å². The minimum atomic E-state index is -0.874. The van der Waals surface area contributed by atoms with Crippen LogP contribution in [0.25, 0.3) is 0 Å². The quantitative estimate of drug-likeness (QED) is 0.0531. The van der Waals surface area contributed by atoms with E-state index in [9.17, 15) is 33.9 Å². The van der Waals surface area contributed by atoms with Crippen molar-refractivity contribution in [1.82, 2.24) is 5.32 Å². The van der Waals surface area contributed by atoms with E-state index in [-0.39, 0.29) is 210 Å². The Morgan fingerprint density at radius 1 is 0.437 bits per heavy atom. The van der Waals surface area contributed by atoms with E-state index >= 15 is 0 Å². The van der Waals surface area contributed by atoms with Crippen molar-refractivity contribution in [3.05, 3.63) is 0 Å². The number of ether oxygens (including phenoxy) is 5. The van der Waals surface area contributed by atoms with Crippen LogP contribution in [0, 0.1) is 148 Å². The number of hydrogen-bond acceptors (Lipinski definition) is 12. The van der Waals surface area contributed by atoms with Crippen LogP contribution in [0.15, 0.2) is 0 Å². The number of unbranched alkanes of at least 4 members (excludes halogenated alkanes) is 2. The second-order valence-corrected chi connectivity index (χ2v) is 51.7. The zero-order chi connectivity index (χ0) is 90.8. The fourth-order valence-corrected chi connectivity index (χ4v) is 29.6. The molecule has 2 N–H and O–H groups in total. The summed E-state index contributed by atoms with van der Waals surface area (Å²) in [5, 5.41) is 15.4. The van der Waals surface area contributed by atoms with Crippen molar-refractivity contribution in [3.8, 4) is 0 Å². The first-order valence-electron chi connectivity index (χ1n) is 52.3. The van der Waals surface area contributed by atoms with Crippen LogP contribution in [0.4, 0.5) is 0 Å². The van der Waals surface area contributed by atoms with Crippen LogP contribution in [-0.2, 0) is 52.5 Å². The van der Waals surface area contributed by atoms with E-state index in [2.05, 4.69) is 116 Å². The Kier molecular flexibility index (Phi) is 49.6. The van der Waals surface area contributed by atoms with E-state index in [4.69, 9.17) is 23.7 Å². The molecule has 0 heterocycles. The topological polar surface area (TPSA) is 181 Å². The summed E-state index contributed by atoms with van der Waals surface area (Å²) < 4.78 is 29.9. The van der Waals surface area contributed by atoms with Gasteiger partial charge in [-0.15, -0.1) is 0 Å². The highest BCUT2D eigenvalue weighted by Gasteiger charge is 2.74. The van der Waals surface area contributed by atoms with Crippen LogP contribution in [0.2, 0.25) is 0 Å². The second kappa shape index (κ2) is 50.1. The van der Waals surface area contributed by atoms with Crippen LogP contribution < -0.4 is 5.32 Å². The van der Waals surface area contributed by atoms with Gasteiger partial charge in [0.05, 0.1) is 27.1 Å². The minimum absolute atomic E-state index is 0. The van der Waals surface area contributed by atoms with Gasteiger partial charge in [-0.25, -0.2) is 0 Å². The van der Waals surface area contributed by atoms with Gasteiger partial charge < -0.3 is 34.1 Å². The van der Waals surface area contributed by atoms with Crippen LogP contribution in [0.1, 0.15) is 559 Å². The highest BCUT2D eigenvalue weighted by molar-refractivity contribution is 5.82. The van der Waals surface area contributed by atoms with Crippen LogP contribution in [0.3, 0.4) is 0 Å². The summed E-state index contributed by atoms with van der Waals surface area (Å²) in [6.45, 7) is 57.7. The number of aliphatic hydroxyl groups is 1. The smallest absolute Gasteiger partial charge is 0.312 e. The lowest BCUT2D eigenvalue weighted by Gasteiger charge is -2.57. The highest BCUT2D eigenvalue weighted by Crippen LogP contribution is 2.76. The molecular formula is C122H237NO12. The SMILES string of the molecule is C.C.C.C.C.C.C.C.C.C.C.C.CCC(C)(C)C(=O)NC12CC3CC(CC(C3)C1)C2.CCC(C)(C)C(=O)OC(C)C12CC3CC(CC1C3)C2.CCC(C)(C)C(=O)OC1(C)CCC2C(C3C(C)CCC31)C2(C)C.CCC(C)(C)C(=O)OC1C2CCCC1CCC2.CCC(C)(C)C(=O)OCC1(O)C2CCCC23C[C@]1(C)CCCC3(C)C.CCCCCC12CCC(OC(=O)C(C)(C)CC)(CC1)CC2. The third-order valence-electron chi connectivity index (χ3n) is 40.8. The Morgan fingerprint density at radius 2 is 0.874 bits per heavy atom. The first-order chi connectivity index (χ1) is 57.2.